The van der Waals surface area contributed by atoms with Crippen molar-refractivity contribution in [2.75, 3.05) is 26.2 Å². The minimum atomic E-state index is -0.815. The molecule has 1 fully saturated rings. The summed E-state index contributed by atoms with van der Waals surface area (Å²) in [6, 6.07) is 7.64. The number of piperidine rings is 1. The number of carboxylic acids is 1. The quantitative estimate of drug-likeness (QED) is 0.745. The molecule has 0 amide bonds. The predicted molar refractivity (Wildman–Crippen MR) is 81.5 cm³/mol. The molecule has 1 heterocycles. The van der Waals surface area contributed by atoms with Gasteiger partial charge >= 0.3 is 5.97 Å². The van der Waals surface area contributed by atoms with Crippen LogP contribution in [0.3, 0.4) is 0 Å². The SMILES string of the molecule is NC1CCN(CCCOc2ccc(CC(=O)O)cc2)CC1. The average Bonchev–Trinajstić information content (AvgIpc) is 2.46. The van der Waals surface area contributed by atoms with Gasteiger partial charge in [-0.25, -0.2) is 0 Å². The summed E-state index contributed by atoms with van der Waals surface area (Å²) in [5.74, 6) is -0.0188. The number of nitrogens with zero attached hydrogens (tertiary/aromatic N) is 1. The van der Waals surface area contributed by atoms with Crippen molar-refractivity contribution in [2.24, 2.45) is 5.73 Å². The van der Waals surface area contributed by atoms with Crippen LogP contribution in [0.2, 0.25) is 0 Å². The lowest BCUT2D eigenvalue weighted by Gasteiger charge is -2.29. The van der Waals surface area contributed by atoms with Crippen molar-refractivity contribution in [2.45, 2.75) is 31.7 Å². The second-order valence-corrected chi connectivity index (χ2v) is 5.60. The van der Waals surface area contributed by atoms with E-state index in [1.54, 1.807) is 12.1 Å². The Bertz CT molecular complexity index is 439. The molecule has 0 aromatic heterocycles. The highest BCUT2D eigenvalue weighted by molar-refractivity contribution is 5.70. The maximum absolute atomic E-state index is 10.6. The summed E-state index contributed by atoms with van der Waals surface area (Å²) in [5, 5.41) is 8.71. The molecule has 1 aliphatic rings. The number of hydrogen-bond acceptors (Lipinski definition) is 4. The molecule has 21 heavy (non-hydrogen) atoms. The number of carboxylic acid groups (broad SMARTS) is 1. The topological polar surface area (TPSA) is 75.8 Å². The van der Waals surface area contributed by atoms with Crippen LogP contribution < -0.4 is 10.5 Å². The largest absolute Gasteiger partial charge is 0.494 e. The van der Waals surface area contributed by atoms with Gasteiger partial charge in [0.2, 0.25) is 0 Å². The number of aliphatic carboxylic acids is 1. The molecule has 0 radical (unpaired) electrons. The molecule has 3 N–H and O–H groups in total. The molecule has 0 atom stereocenters. The van der Waals surface area contributed by atoms with Crippen molar-refractivity contribution in [3.05, 3.63) is 29.8 Å². The molecule has 1 aromatic rings. The number of carbonyl (C=O) groups is 1. The van der Waals surface area contributed by atoms with Crippen LogP contribution in [-0.2, 0) is 11.2 Å². The zero-order valence-corrected chi connectivity index (χ0v) is 12.3. The first kappa shape index (κ1) is 15.8. The first-order valence-electron chi connectivity index (χ1n) is 7.55. The lowest BCUT2D eigenvalue weighted by molar-refractivity contribution is -0.136. The van der Waals surface area contributed by atoms with Gasteiger partial charge in [-0.15, -0.1) is 0 Å². The van der Waals surface area contributed by atoms with E-state index in [0.29, 0.717) is 12.6 Å². The van der Waals surface area contributed by atoms with E-state index in [2.05, 4.69) is 4.90 Å². The highest BCUT2D eigenvalue weighted by Gasteiger charge is 2.15. The Balaban J connectivity index is 1.63. The smallest absolute Gasteiger partial charge is 0.307 e. The fourth-order valence-corrected chi connectivity index (χ4v) is 2.53. The molecular formula is C16H24N2O3. The van der Waals surface area contributed by atoms with Gasteiger partial charge in [-0.05, 0) is 50.0 Å². The lowest BCUT2D eigenvalue weighted by atomic mass is 10.1. The number of ether oxygens (including phenoxy) is 1. The third kappa shape index (κ3) is 5.73. The molecule has 0 unspecified atom stereocenters. The Kier molecular flexibility index (Phi) is 6.02. The number of nitrogens with two attached hydrogens (primary N) is 1. The van der Waals surface area contributed by atoms with E-state index in [1.807, 2.05) is 12.1 Å². The third-order valence-corrected chi connectivity index (χ3v) is 3.80. The molecule has 1 aromatic carbocycles. The van der Waals surface area contributed by atoms with Gasteiger partial charge in [-0.3, -0.25) is 4.79 Å². The Morgan fingerprint density at radius 3 is 2.57 bits per heavy atom. The van der Waals surface area contributed by atoms with Gasteiger partial charge in [0, 0.05) is 12.6 Å². The number of hydrogen-bond donors (Lipinski definition) is 2. The number of benzene rings is 1. The second-order valence-electron chi connectivity index (χ2n) is 5.60. The number of likely N-dealkylation sites (tertiary alicyclic amines) is 1. The van der Waals surface area contributed by atoms with E-state index in [0.717, 1.165) is 50.2 Å². The van der Waals surface area contributed by atoms with Crippen molar-refractivity contribution >= 4 is 5.97 Å². The van der Waals surface area contributed by atoms with E-state index >= 15 is 0 Å². The van der Waals surface area contributed by atoms with Gasteiger partial charge in [0.05, 0.1) is 13.0 Å². The third-order valence-electron chi connectivity index (χ3n) is 3.80. The molecule has 0 aliphatic carbocycles. The van der Waals surface area contributed by atoms with Crippen molar-refractivity contribution in [1.82, 2.24) is 4.90 Å². The molecule has 1 aliphatic heterocycles. The normalized spacial score (nSPS) is 16.8. The molecule has 1 saturated heterocycles. The Hall–Kier alpha value is -1.59. The Morgan fingerprint density at radius 1 is 1.29 bits per heavy atom. The van der Waals surface area contributed by atoms with Crippen LogP contribution in [0.4, 0.5) is 0 Å². The molecular weight excluding hydrogens is 268 g/mol. The van der Waals surface area contributed by atoms with Gasteiger partial charge < -0.3 is 20.5 Å². The van der Waals surface area contributed by atoms with Crippen LogP contribution in [0.1, 0.15) is 24.8 Å². The van der Waals surface area contributed by atoms with E-state index in [9.17, 15) is 4.79 Å². The summed E-state index contributed by atoms with van der Waals surface area (Å²) in [4.78, 5) is 13.0. The highest BCUT2D eigenvalue weighted by atomic mass is 16.5. The molecule has 0 bridgehead atoms. The number of rotatable bonds is 7. The first-order valence-corrected chi connectivity index (χ1v) is 7.55. The standard InChI is InChI=1S/C16H24N2O3/c17-14-6-9-18(10-7-14)8-1-11-21-15-4-2-13(3-5-15)12-16(19)20/h2-5,14H,1,6-12,17H2,(H,19,20). The van der Waals surface area contributed by atoms with E-state index in [4.69, 9.17) is 15.6 Å². The summed E-state index contributed by atoms with van der Waals surface area (Å²) < 4.78 is 5.68. The zero-order chi connectivity index (χ0) is 15.1. The van der Waals surface area contributed by atoms with Gasteiger partial charge in [0.25, 0.3) is 0 Å². The van der Waals surface area contributed by atoms with Crippen LogP contribution >= 0.6 is 0 Å². The Morgan fingerprint density at radius 2 is 1.95 bits per heavy atom. The fourth-order valence-electron chi connectivity index (χ4n) is 2.53. The van der Waals surface area contributed by atoms with E-state index in [-0.39, 0.29) is 6.42 Å². The van der Waals surface area contributed by atoms with Crippen molar-refractivity contribution in [3.8, 4) is 5.75 Å². The van der Waals surface area contributed by atoms with E-state index < -0.39 is 5.97 Å². The van der Waals surface area contributed by atoms with Crippen molar-refractivity contribution in [3.63, 3.8) is 0 Å². The highest BCUT2D eigenvalue weighted by Crippen LogP contribution is 2.13. The minimum absolute atomic E-state index is 0.0530. The molecule has 2 rings (SSSR count). The second kappa shape index (κ2) is 8.00. The average molecular weight is 292 g/mol. The predicted octanol–water partition coefficient (Wildman–Crippen LogP) is 1.51. The summed E-state index contributed by atoms with van der Waals surface area (Å²) in [5.41, 5.74) is 6.67. The van der Waals surface area contributed by atoms with Crippen LogP contribution in [0, 0.1) is 0 Å². The van der Waals surface area contributed by atoms with Gasteiger partial charge in [0.1, 0.15) is 5.75 Å². The van der Waals surface area contributed by atoms with Crippen LogP contribution in [0.25, 0.3) is 0 Å². The maximum Gasteiger partial charge on any atom is 0.307 e. The summed E-state index contributed by atoms with van der Waals surface area (Å²) >= 11 is 0. The van der Waals surface area contributed by atoms with Gasteiger partial charge in [0.15, 0.2) is 0 Å². The van der Waals surface area contributed by atoms with Crippen LogP contribution in [-0.4, -0.2) is 48.3 Å². The lowest BCUT2D eigenvalue weighted by Crippen LogP contribution is -2.40. The summed E-state index contributed by atoms with van der Waals surface area (Å²) in [6.07, 6.45) is 3.22. The zero-order valence-electron chi connectivity index (χ0n) is 12.3. The van der Waals surface area contributed by atoms with Crippen molar-refractivity contribution in [1.29, 1.82) is 0 Å². The monoisotopic (exact) mass is 292 g/mol. The van der Waals surface area contributed by atoms with Gasteiger partial charge in [-0.2, -0.15) is 0 Å². The molecule has 5 nitrogen and oxygen atoms in total. The first-order chi connectivity index (χ1) is 10.1. The van der Waals surface area contributed by atoms with Crippen LogP contribution in [0.15, 0.2) is 24.3 Å². The molecule has 0 spiro atoms. The molecule has 0 saturated carbocycles. The molecule has 116 valence electrons. The van der Waals surface area contributed by atoms with Crippen LogP contribution in [0.5, 0.6) is 5.75 Å². The Labute approximate surface area is 125 Å². The van der Waals surface area contributed by atoms with Crippen molar-refractivity contribution < 1.29 is 14.6 Å². The fraction of sp³-hybridized carbons (Fsp3) is 0.562. The summed E-state index contributed by atoms with van der Waals surface area (Å²) in [7, 11) is 0. The molecule has 5 heteroatoms. The summed E-state index contributed by atoms with van der Waals surface area (Å²) in [6.45, 7) is 3.90. The van der Waals surface area contributed by atoms with Gasteiger partial charge in [-0.1, -0.05) is 12.1 Å². The van der Waals surface area contributed by atoms with E-state index in [1.165, 1.54) is 0 Å². The maximum atomic E-state index is 10.6. The minimum Gasteiger partial charge on any atom is -0.494 e.